The van der Waals surface area contributed by atoms with Crippen LogP contribution < -0.4 is 5.32 Å². The maximum Gasteiger partial charge on any atom is 0.193 e. The topological polar surface area (TPSA) is 45.5 Å². The molecule has 1 fully saturated rings. The van der Waals surface area contributed by atoms with Crippen molar-refractivity contribution in [2.45, 2.75) is 18.9 Å². The van der Waals surface area contributed by atoms with Crippen molar-refractivity contribution < 1.29 is 0 Å². The largest absolute Gasteiger partial charge is 0.354 e. The van der Waals surface area contributed by atoms with Gasteiger partial charge in [-0.15, -0.1) is 0 Å². The van der Waals surface area contributed by atoms with Gasteiger partial charge in [0.2, 0.25) is 0 Å². The predicted octanol–water partition coefficient (Wildman–Crippen LogP) is 1.95. The number of rotatable bonds is 4. The molecule has 1 unspecified atom stereocenters. The molecule has 0 spiro atoms. The molecule has 5 heteroatoms. The number of guanidine groups is 1. The first-order valence-corrected chi connectivity index (χ1v) is 7.85. The van der Waals surface area contributed by atoms with E-state index >= 15 is 0 Å². The second-order valence-electron chi connectivity index (χ2n) is 5.59. The van der Waals surface area contributed by atoms with E-state index in [2.05, 4.69) is 50.6 Å². The van der Waals surface area contributed by atoms with Gasteiger partial charge in [0.15, 0.2) is 5.96 Å². The van der Waals surface area contributed by atoms with Gasteiger partial charge in [0.05, 0.1) is 6.54 Å². The van der Waals surface area contributed by atoms with E-state index in [0.29, 0.717) is 5.92 Å². The maximum absolute atomic E-state index is 4.42. The minimum absolute atomic E-state index is 0.603. The highest BCUT2D eigenvalue weighted by Gasteiger charge is 2.25. The first kappa shape index (κ1) is 14.6. The van der Waals surface area contributed by atoms with E-state index in [-0.39, 0.29) is 0 Å². The van der Waals surface area contributed by atoms with Crippen LogP contribution in [0.4, 0.5) is 0 Å². The zero-order valence-corrected chi connectivity index (χ0v) is 13.0. The van der Waals surface area contributed by atoms with Gasteiger partial charge in [-0.05, 0) is 18.1 Å². The van der Waals surface area contributed by atoms with Crippen molar-refractivity contribution in [1.82, 2.24) is 20.0 Å². The molecule has 5 nitrogen and oxygen atoms in total. The zero-order valence-electron chi connectivity index (χ0n) is 13.0. The first-order chi connectivity index (χ1) is 10.9. The molecule has 2 aromatic rings. The first-order valence-electron chi connectivity index (χ1n) is 7.85. The molecule has 1 aromatic carbocycles. The van der Waals surface area contributed by atoms with E-state index in [4.69, 9.17) is 0 Å². The third kappa shape index (κ3) is 3.47. The van der Waals surface area contributed by atoms with Crippen LogP contribution in [0.3, 0.4) is 0 Å². The molecule has 3 rings (SSSR count). The fourth-order valence-electron chi connectivity index (χ4n) is 3.00. The Morgan fingerprint density at radius 2 is 2.18 bits per heavy atom. The smallest absolute Gasteiger partial charge is 0.193 e. The summed E-state index contributed by atoms with van der Waals surface area (Å²) < 4.78 is 1.93. The monoisotopic (exact) mass is 297 g/mol. The Hall–Kier alpha value is -2.30. The molecule has 1 N–H and O–H groups in total. The molecule has 0 saturated carbocycles. The molecule has 116 valence electrons. The highest BCUT2D eigenvalue weighted by atomic mass is 15.3. The molecule has 1 aliphatic rings. The third-order valence-corrected chi connectivity index (χ3v) is 4.15. The minimum atomic E-state index is 0.603. The fourth-order valence-corrected chi connectivity index (χ4v) is 3.00. The summed E-state index contributed by atoms with van der Waals surface area (Å²) in [6.45, 7) is 3.77. The average molecular weight is 297 g/mol. The van der Waals surface area contributed by atoms with Crippen molar-refractivity contribution in [3.63, 3.8) is 0 Å². The molecule has 22 heavy (non-hydrogen) atoms. The molecular weight excluding hydrogens is 274 g/mol. The second-order valence-corrected chi connectivity index (χ2v) is 5.59. The summed E-state index contributed by atoms with van der Waals surface area (Å²) >= 11 is 0. The standard InChI is InChI=1S/C17H23N5/c1-18-17(19-10-13-22-11-5-9-20-22)21-12-8-16(14-21)15-6-3-2-4-7-15/h2-7,9,11,16H,8,10,12-14H2,1H3,(H,18,19). The van der Waals surface area contributed by atoms with Crippen LogP contribution in [0.5, 0.6) is 0 Å². The molecule has 2 heterocycles. The van der Waals surface area contributed by atoms with Crippen LogP contribution in [-0.4, -0.2) is 47.3 Å². The van der Waals surface area contributed by atoms with E-state index in [1.165, 1.54) is 12.0 Å². The van der Waals surface area contributed by atoms with Gasteiger partial charge in [0.25, 0.3) is 0 Å². The van der Waals surface area contributed by atoms with Crippen molar-refractivity contribution in [1.29, 1.82) is 0 Å². The molecule has 1 saturated heterocycles. The minimum Gasteiger partial charge on any atom is -0.354 e. The fraction of sp³-hybridized carbons (Fsp3) is 0.412. The summed E-state index contributed by atoms with van der Waals surface area (Å²) in [5.41, 5.74) is 1.43. The summed E-state index contributed by atoms with van der Waals surface area (Å²) in [4.78, 5) is 6.77. The number of aromatic nitrogens is 2. The second kappa shape index (κ2) is 7.11. The van der Waals surface area contributed by atoms with Gasteiger partial charge in [-0.1, -0.05) is 30.3 Å². The lowest BCUT2D eigenvalue weighted by Crippen LogP contribution is -2.41. The highest BCUT2D eigenvalue weighted by molar-refractivity contribution is 5.80. The summed E-state index contributed by atoms with van der Waals surface area (Å²) in [6.07, 6.45) is 4.97. The summed E-state index contributed by atoms with van der Waals surface area (Å²) in [6, 6.07) is 12.7. The number of aliphatic imine (C=N–C) groups is 1. The Balaban J connectivity index is 1.52. The van der Waals surface area contributed by atoms with Gasteiger partial charge < -0.3 is 10.2 Å². The Morgan fingerprint density at radius 1 is 1.32 bits per heavy atom. The summed E-state index contributed by atoms with van der Waals surface area (Å²) in [5.74, 6) is 1.59. The van der Waals surface area contributed by atoms with E-state index in [1.54, 1.807) is 6.20 Å². The molecule has 1 aromatic heterocycles. The molecule has 0 amide bonds. The van der Waals surface area contributed by atoms with E-state index < -0.39 is 0 Å². The lowest BCUT2D eigenvalue weighted by Gasteiger charge is -2.21. The Kier molecular flexibility index (Phi) is 4.73. The van der Waals surface area contributed by atoms with Gasteiger partial charge in [-0.3, -0.25) is 9.67 Å². The molecule has 1 aliphatic heterocycles. The van der Waals surface area contributed by atoms with Gasteiger partial charge in [-0.25, -0.2) is 0 Å². The molecule has 0 radical (unpaired) electrons. The van der Waals surface area contributed by atoms with Crippen LogP contribution in [0, 0.1) is 0 Å². The maximum atomic E-state index is 4.42. The predicted molar refractivity (Wildman–Crippen MR) is 89.0 cm³/mol. The van der Waals surface area contributed by atoms with Crippen molar-refractivity contribution in [2.75, 3.05) is 26.7 Å². The van der Waals surface area contributed by atoms with Crippen molar-refractivity contribution in [2.24, 2.45) is 4.99 Å². The normalized spacial score (nSPS) is 18.7. The van der Waals surface area contributed by atoms with Crippen LogP contribution in [-0.2, 0) is 6.54 Å². The Labute approximate surface area is 131 Å². The van der Waals surface area contributed by atoms with Crippen molar-refractivity contribution >= 4 is 5.96 Å². The SMILES string of the molecule is CN=C(NCCn1cccn1)N1CCC(c2ccccc2)C1. The van der Waals surface area contributed by atoms with E-state index in [9.17, 15) is 0 Å². The van der Waals surface area contributed by atoms with E-state index in [0.717, 1.165) is 32.1 Å². The number of hydrogen-bond donors (Lipinski definition) is 1. The number of nitrogens with one attached hydrogen (secondary N) is 1. The van der Waals surface area contributed by atoms with Crippen LogP contribution in [0.15, 0.2) is 53.8 Å². The van der Waals surface area contributed by atoms with Gasteiger partial charge in [0.1, 0.15) is 0 Å². The van der Waals surface area contributed by atoms with Crippen LogP contribution in [0.2, 0.25) is 0 Å². The summed E-state index contributed by atoms with van der Waals surface area (Å²) in [5, 5.41) is 7.65. The highest BCUT2D eigenvalue weighted by Crippen LogP contribution is 2.26. The van der Waals surface area contributed by atoms with Crippen molar-refractivity contribution in [3.05, 3.63) is 54.4 Å². The van der Waals surface area contributed by atoms with Crippen LogP contribution in [0.25, 0.3) is 0 Å². The Bertz CT molecular complexity index is 591. The van der Waals surface area contributed by atoms with Gasteiger partial charge in [-0.2, -0.15) is 5.10 Å². The third-order valence-electron chi connectivity index (χ3n) is 4.15. The number of hydrogen-bond acceptors (Lipinski definition) is 2. The van der Waals surface area contributed by atoms with Crippen molar-refractivity contribution in [3.8, 4) is 0 Å². The molecular formula is C17H23N5. The number of likely N-dealkylation sites (tertiary alicyclic amines) is 1. The number of nitrogens with zero attached hydrogens (tertiary/aromatic N) is 4. The number of benzene rings is 1. The molecule has 0 aliphatic carbocycles. The van der Waals surface area contributed by atoms with E-state index in [1.807, 2.05) is 24.0 Å². The lowest BCUT2D eigenvalue weighted by molar-refractivity contribution is 0.479. The Morgan fingerprint density at radius 3 is 2.91 bits per heavy atom. The van der Waals surface area contributed by atoms with Gasteiger partial charge in [0, 0.05) is 45.0 Å². The molecule has 1 atom stereocenters. The van der Waals surface area contributed by atoms with Gasteiger partial charge >= 0.3 is 0 Å². The lowest BCUT2D eigenvalue weighted by atomic mass is 9.99. The summed E-state index contributed by atoms with van der Waals surface area (Å²) in [7, 11) is 1.85. The quantitative estimate of drug-likeness (QED) is 0.693. The van der Waals surface area contributed by atoms with Crippen LogP contribution >= 0.6 is 0 Å². The van der Waals surface area contributed by atoms with Crippen LogP contribution in [0.1, 0.15) is 17.9 Å². The molecule has 0 bridgehead atoms. The average Bonchev–Trinajstić information content (AvgIpc) is 3.24. The zero-order chi connectivity index (χ0) is 15.2.